The van der Waals surface area contributed by atoms with Crippen molar-refractivity contribution in [1.29, 1.82) is 0 Å². The molecule has 0 spiro atoms. The Kier molecular flexibility index (Phi) is 3.33. The number of carbonyl (C=O) groups excluding carboxylic acids is 1. The van der Waals surface area contributed by atoms with Gasteiger partial charge in [0, 0.05) is 12.4 Å². The van der Waals surface area contributed by atoms with Crippen LogP contribution in [-0.4, -0.2) is 27.7 Å². The molecule has 70 valence electrons. The number of hydrogen-bond acceptors (Lipinski definition) is 5. The summed E-state index contributed by atoms with van der Waals surface area (Å²) in [6.45, 7) is 1.81. The number of nitrogens with zero attached hydrogens (tertiary/aromatic N) is 2. The maximum absolute atomic E-state index is 11.1. The molecule has 1 N–H and O–H groups in total. The molecule has 0 bridgehead atoms. The minimum absolute atomic E-state index is 0.233. The molecule has 0 amide bonds. The van der Waals surface area contributed by atoms with Crippen LogP contribution in [0.1, 0.15) is 23.1 Å². The zero-order valence-corrected chi connectivity index (χ0v) is 7.23. The Hall–Kier alpha value is -1.49. The van der Waals surface area contributed by atoms with Crippen molar-refractivity contribution < 1.29 is 14.6 Å². The van der Waals surface area contributed by atoms with E-state index in [2.05, 4.69) is 9.97 Å². The molecule has 1 aromatic rings. The third-order valence-corrected chi connectivity index (χ3v) is 1.36. The number of aromatic nitrogens is 2. The fraction of sp³-hybridized carbons (Fsp3) is 0.375. The first-order chi connectivity index (χ1) is 6.27. The van der Waals surface area contributed by atoms with Crippen LogP contribution in [0.3, 0.4) is 0 Å². The summed E-state index contributed by atoms with van der Waals surface area (Å²) in [5, 5.41) is 8.63. The molecule has 0 saturated carbocycles. The van der Waals surface area contributed by atoms with Gasteiger partial charge in [-0.1, -0.05) is 0 Å². The number of aliphatic hydroxyl groups is 1. The number of hydrogen-bond donors (Lipinski definition) is 1. The van der Waals surface area contributed by atoms with E-state index in [1.807, 2.05) is 0 Å². The highest BCUT2D eigenvalue weighted by molar-refractivity contribution is 5.88. The molecule has 0 atom stereocenters. The van der Waals surface area contributed by atoms with Gasteiger partial charge in [-0.3, -0.25) is 0 Å². The molecule has 1 rings (SSSR count). The van der Waals surface area contributed by atoms with Gasteiger partial charge in [-0.05, 0) is 6.92 Å². The monoisotopic (exact) mass is 182 g/mol. The quantitative estimate of drug-likeness (QED) is 0.673. The number of rotatable bonds is 3. The predicted octanol–water partition coefficient (Wildman–Crippen LogP) is 0.146. The zero-order chi connectivity index (χ0) is 9.68. The third-order valence-electron chi connectivity index (χ3n) is 1.36. The highest BCUT2D eigenvalue weighted by Gasteiger charge is 2.06. The molecular weight excluding hydrogens is 172 g/mol. The van der Waals surface area contributed by atoms with Crippen molar-refractivity contribution >= 4 is 5.97 Å². The lowest BCUT2D eigenvalue weighted by Crippen LogP contribution is -2.06. The van der Waals surface area contributed by atoms with Gasteiger partial charge in [0.2, 0.25) is 0 Å². The van der Waals surface area contributed by atoms with E-state index in [-0.39, 0.29) is 12.4 Å². The average molecular weight is 182 g/mol. The van der Waals surface area contributed by atoms with E-state index in [1.165, 1.54) is 12.4 Å². The van der Waals surface area contributed by atoms with Crippen molar-refractivity contribution in [2.24, 2.45) is 0 Å². The Morgan fingerprint density at radius 2 is 2.15 bits per heavy atom. The van der Waals surface area contributed by atoms with E-state index in [1.54, 1.807) is 6.92 Å². The second-order valence-corrected chi connectivity index (χ2v) is 2.27. The zero-order valence-electron chi connectivity index (χ0n) is 7.23. The van der Waals surface area contributed by atoms with Crippen LogP contribution in [0.15, 0.2) is 12.4 Å². The van der Waals surface area contributed by atoms with Crippen LogP contribution in [0, 0.1) is 0 Å². The number of esters is 1. The second-order valence-electron chi connectivity index (χ2n) is 2.27. The fourth-order valence-electron chi connectivity index (χ4n) is 0.756. The van der Waals surface area contributed by atoms with E-state index in [4.69, 9.17) is 9.84 Å². The largest absolute Gasteiger partial charge is 0.462 e. The lowest BCUT2D eigenvalue weighted by molar-refractivity contribution is 0.0525. The van der Waals surface area contributed by atoms with Gasteiger partial charge in [0.15, 0.2) is 5.82 Å². The number of ether oxygens (including phenoxy) is 1. The topological polar surface area (TPSA) is 72.3 Å². The van der Waals surface area contributed by atoms with Gasteiger partial charge >= 0.3 is 5.97 Å². The molecular formula is C8H10N2O3. The molecule has 0 radical (unpaired) electrons. The van der Waals surface area contributed by atoms with E-state index in [0.717, 1.165) is 0 Å². The van der Waals surface area contributed by atoms with Gasteiger partial charge in [0.1, 0.15) is 6.61 Å². The summed E-state index contributed by atoms with van der Waals surface area (Å²) in [5.41, 5.74) is 0.291. The molecule has 0 aliphatic rings. The lowest BCUT2D eigenvalue weighted by atomic mass is 10.3. The van der Waals surface area contributed by atoms with Gasteiger partial charge in [-0.25, -0.2) is 14.8 Å². The molecule has 1 aromatic heterocycles. The number of carbonyl (C=O) groups is 1. The van der Waals surface area contributed by atoms with Crippen molar-refractivity contribution in [2.45, 2.75) is 13.5 Å². The van der Waals surface area contributed by atoms with Gasteiger partial charge in [-0.2, -0.15) is 0 Å². The standard InChI is InChI=1S/C8H10N2O3/c1-2-13-8(12)6-3-9-7(5-11)10-4-6/h3-4,11H,2,5H2,1H3. The summed E-state index contributed by atoms with van der Waals surface area (Å²) in [6, 6.07) is 0. The normalized spacial score (nSPS) is 9.69. The maximum atomic E-state index is 11.1. The fourth-order valence-corrected chi connectivity index (χ4v) is 0.756. The summed E-state index contributed by atoms with van der Waals surface area (Å²) in [7, 11) is 0. The molecule has 13 heavy (non-hydrogen) atoms. The van der Waals surface area contributed by atoms with Gasteiger partial charge in [0.05, 0.1) is 12.2 Å². The Morgan fingerprint density at radius 3 is 2.62 bits per heavy atom. The van der Waals surface area contributed by atoms with E-state index in [0.29, 0.717) is 12.2 Å². The molecule has 5 nitrogen and oxygen atoms in total. The third kappa shape index (κ3) is 2.48. The van der Waals surface area contributed by atoms with Crippen LogP contribution in [-0.2, 0) is 11.3 Å². The summed E-state index contributed by atoms with van der Waals surface area (Å²) in [5.74, 6) is -0.167. The van der Waals surface area contributed by atoms with Crippen LogP contribution in [0.4, 0.5) is 0 Å². The maximum Gasteiger partial charge on any atom is 0.341 e. The molecule has 0 unspecified atom stereocenters. The Labute approximate surface area is 75.4 Å². The first kappa shape index (κ1) is 9.60. The molecule has 0 aliphatic heterocycles. The van der Waals surface area contributed by atoms with Crippen molar-refractivity contribution in [3.05, 3.63) is 23.8 Å². The smallest absolute Gasteiger partial charge is 0.341 e. The molecule has 5 heteroatoms. The minimum Gasteiger partial charge on any atom is -0.462 e. The van der Waals surface area contributed by atoms with Gasteiger partial charge in [-0.15, -0.1) is 0 Å². The molecule has 1 heterocycles. The van der Waals surface area contributed by atoms with Crippen molar-refractivity contribution in [3.8, 4) is 0 Å². The van der Waals surface area contributed by atoms with E-state index < -0.39 is 5.97 Å². The van der Waals surface area contributed by atoms with Gasteiger partial charge in [0.25, 0.3) is 0 Å². The summed E-state index contributed by atoms with van der Waals surface area (Å²) in [6.07, 6.45) is 2.66. The van der Waals surface area contributed by atoms with Crippen LogP contribution in [0.2, 0.25) is 0 Å². The number of aliphatic hydroxyl groups excluding tert-OH is 1. The van der Waals surface area contributed by atoms with E-state index >= 15 is 0 Å². The van der Waals surface area contributed by atoms with Crippen LogP contribution in [0.5, 0.6) is 0 Å². The first-order valence-electron chi connectivity index (χ1n) is 3.86. The van der Waals surface area contributed by atoms with Crippen LogP contribution in [0.25, 0.3) is 0 Å². The summed E-state index contributed by atoms with van der Waals surface area (Å²) >= 11 is 0. The molecule has 0 aromatic carbocycles. The second kappa shape index (κ2) is 4.51. The molecule has 0 fully saturated rings. The Bertz CT molecular complexity index is 284. The summed E-state index contributed by atoms with van der Waals surface area (Å²) < 4.78 is 4.72. The average Bonchev–Trinajstić information content (AvgIpc) is 2.18. The highest BCUT2D eigenvalue weighted by atomic mass is 16.5. The van der Waals surface area contributed by atoms with Crippen LogP contribution >= 0.6 is 0 Å². The summed E-state index contributed by atoms with van der Waals surface area (Å²) in [4.78, 5) is 18.6. The van der Waals surface area contributed by atoms with Crippen molar-refractivity contribution in [1.82, 2.24) is 9.97 Å². The van der Waals surface area contributed by atoms with E-state index in [9.17, 15) is 4.79 Å². The lowest BCUT2D eigenvalue weighted by Gasteiger charge is -2.00. The predicted molar refractivity (Wildman–Crippen MR) is 43.9 cm³/mol. The van der Waals surface area contributed by atoms with Crippen LogP contribution < -0.4 is 0 Å². The SMILES string of the molecule is CCOC(=O)c1cnc(CO)nc1. The Morgan fingerprint density at radius 1 is 1.54 bits per heavy atom. The van der Waals surface area contributed by atoms with Crippen molar-refractivity contribution in [2.75, 3.05) is 6.61 Å². The van der Waals surface area contributed by atoms with Gasteiger partial charge < -0.3 is 9.84 Å². The first-order valence-corrected chi connectivity index (χ1v) is 3.86. The van der Waals surface area contributed by atoms with Crippen molar-refractivity contribution in [3.63, 3.8) is 0 Å². The Balaban J connectivity index is 2.74. The highest BCUT2D eigenvalue weighted by Crippen LogP contribution is 1.98. The molecule has 0 saturated heterocycles. The minimum atomic E-state index is -0.452. The molecule has 0 aliphatic carbocycles.